The predicted molar refractivity (Wildman–Crippen MR) is 118 cm³/mol. The summed E-state index contributed by atoms with van der Waals surface area (Å²) in [5, 5.41) is 2.97. The van der Waals surface area contributed by atoms with E-state index in [0.29, 0.717) is 28.9 Å². The molecule has 32 heavy (non-hydrogen) atoms. The normalized spacial score (nSPS) is 12.6. The summed E-state index contributed by atoms with van der Waals surface area (Å²) in [6.07, 6.45) is 6.56. The molecule has 3 heterocycles. The van der Waals surface area contributed by atoms with Crippen molar-refractivity contribution in [2.75, 3.05) is 6.26 Å². The SMILES string of the molecule is CC[C@H](NC(=O)c1cccn2c(-c3ccc(F)cc3)ncc12)c1ccc(S(C)(=O)=O)nc1. The van der Waals surface area contributed by atoms with Gasteiger partial charge < -0.3 is 5.32 Å². The van der Waals surface area contributed by atoms with Gasteiger partial charge in [0.1, 0.15) is 11.6 Å². The van der Waals surface area contributed by atoms with Gasteiger partial charge >= 0.3 is 0 Å². The number of sulfone groups is 1. The van der Waals surface area contributed by atoms with Crippen molar-refractivity contribution in [3.63, 3.8) is 0 Å². The van der Waals surface area contributed by atoms with E-state index in [4.69, 9.17) is 0 Å². The van der Waals surface area contributed by atoms with Crippen LogP contribution in [0, 0.1) is 5.82 Å². The number of carbonyl (C=O) groups excluding carboxylic acids is 1. The van der Waals surface area contributed by atoms with E-state index in [2.05, 4.69) is 15.3 Å². The minimum Gasteiger partial charge on any atom is -0.345 e. The Hall–Kier alpha value is -3.59. The largest absolute Gasteiger partial charge is 0.345 e. The molecule has 1 amide bonds. The molecule has 9 heteroatoms. The second-order valence-corrected chi connectivity index (χ2v) is 9.36. The van der Waals surface area contributed by atoms with Crippen LogP contribution >= 0.6 is 0 Å². The summed E-state index contributed by atoms with van der Waals surface area (Å²) in [4.78, 5) is 21.5. The number of hydrogen-bond acceptors (Lipinski definition) is 5. The van der Waals surface area contributed by atoms with Crippen molar-refractivity contribution in [2.45, 2.75) is 24.4 Å². The van der Waals surface area contributed by atoms with Gasteiger partial charge in [-0.25, -0.2) is 22.8 Å². The Morgan fingerprint density at radius 1 is 1.09 bits per heavy atom. The summed E-state index contributed by atoms with van der Waals surface area (Å²) in [5.41, 5.74) is 2.49. The van der Waals surface area contributed by atoms with Gasteiger partial charge in [0.25, 0.3) is 5.91 Å². The molecular formula is C23H21FN4O3S. The number of aromatic nitrogens is 3. The molecule has 0 saturated carbocycles. The monoisotopic (exact) mass is 452 g/mol. The van der Waals surface area contributed by atoms with Crippen molar-refractivity contribution < 1.29 is 17.6 Å². The van der Waals surface area contributed by atoms with Crippen molar-refractivity contribution in [3.8, 4) is 11.4 Å². The maximum atomic E-state index is 13.3. The Kier molecular flexibility index (Phi) is 5.75. The number of amides is 1. The van der Waals surface area contributed by atoms with Crippen LogP contribution in [0.15, 0.2) is 72.1 Å². The molecule has 4 rings (SSSR count). The highest BCUT2D eigenvalue weighted by Gasteiger charge is 2.19. The van der Waals surface area contributed by atoms with E-state index < -0.39 is 9.84 Å². The Bertz CT molecular complexity index is 1380. The van der Waals surface area contributed by atoms with Gasteiger partial charge in [0.15, 0.2) is 14.9 Å². The molecule has 164 valence electrons. The van der Waals surface area contributed by atoms with E-state index in [0.717, 1.165) is 11.8 Å². The van der Waals surface area contributed by atoms with E-state index in [-0.39, 0.29) is 22.8 Å². The summed E-state index contributed by atoms with van der Waals surface area (Å²) < 4.78 is 38.3. The number of imidazole rings is 1. The van der Waals surface area contributed by atoms with Gasteiger partial charge in [-0.05, 0) is 54.4 Å². The summed E-state index contributed by atoms with van der Waals surface area (Å²) in [7, 11) is -3.39. The first-order chi connectivity index (χ1) is 15.3. The number of nitrogens with one attached hydrogen (secondary N) is 1. The van der Waals surface area contributed by atoms with E-state index >= 15 is 0 Å². The lowest BCUT2D eigenvalue weighted by molar-refractivity contribution is 0.0937. The Balaban J connectivity index is 1.62. The number of fused-ring (bicyclic) bond motifs is 1. The molecule has 3 aromatic heterocycles. The zero-order valence-electron chi connectivity index (χ0n) is 17.5. The van der Waals surface area contributed by atoms with Crippen LogP contribution in [0.2, 0.25) is 0 Å². The van der Waals surface area contributed by atoms with Crippen molar-refractivity contribution in [3.05, 3.63) is 84.1 Å². The fourth-order valence-corrected chi connectivity index (χ4v) is 4.06. The van der Waals surface area contributed by atoms with E-state index in [9.17, 15) is 17.6 Å². The lowest BCUT2D eigenvalue weighted by Crippen LogP contribution is -2.28. The molecule has 0 aliphatic carbocycles. The van der Waals surface area contributed by atoms with Gasteiger partial charge in [-0.3, -0.25) is 9.20 Å². The summed E-state index contributed by atoms with van der Waals surface area (Å²) in [6.45, 7) is 1.92. The first-order valence-electron chi connectivity index (χ1n) is 9.97. The van der Waals surface area contributed by atoms with Crippen LogP contribution in [-0.2, 0) is 9.84 Å². The molecule has 0 aliphatic rings. The van der Waals surface area contributed by atoms with E-state index in [1.165, 1.54) is 24.4 Å². The number of halogens is 1. The predicted octanol–water partition coefficient (Wildman–Crippen LogP) is 3.82. The van der Waals surface area contributed by atoms with Crippen molar-refractivity contribution in [1.29, 1.82) is 0 Å². The Morgan fingerprint density at radius 3 is 2.47 bits per heavy atom. The zero-order chi connectivity index (χ0) is 22.9. The van der Waals surface area contributed by atoms with E-state index in [1.807, 2.05) is 6.92 Å². The van der Waals surface area contributed by atoms with Gasteiger partial charge in [0.05, 0.1) is 23.3 Å². The molecule has 0 saturated heterocycles. The average Bonchev–Trinajstić information content (AvgIpc) is 3.21. The second kappa shape index (κ2) is 8.51. The molecule has 0 unspecified atom stereocenters. The van der Waals surface area contributed by atoms with Crippen LogP contribution in [0.5, 0.6) is 0 Å². The molecule has 0 radical (unpaired) electrons. The molecule has 1 N–H and O–H groups in total. The molecule has 7 nitrogen and oxygen atoms in total. The highest BCUT2D eigenvalue weighted by Crippen LogP contribution is 2.23. The minimum absolute atomic E-state index is 0.0141. The third-order valence-electron chi connectivity index (χ3n) is 5.17. The fourth-order valence-electron chi connectivity index (χ4n) is 3.50. The van der Waals surface area contributed by atoms with Crippen LogP contribution < -0.4 is 5.32 Å². The number of carbonyl (C=O) groups is 1. The third-order valence-corrected chi connectivity index (χ3v) is 6.17. The highest BCUT2D eigenvalue weighted by atomic mass is 32.2. The highest BCUT2D eigenvalue weighted by molar-refractivity contribution is 7.90. The minimum atomic E-state index is -3.39. The Morgan fingerprint density at radius 2 is 1.84 bits per heavy atom. The van der Waals surface area contributed by atoms with Gasteiger partial charge in [0, 0.05) is 24.2 Å². The molecule has 0 fully saturated rings. The van der Waals surface area contributed by atoms with Crippen LogP contribution in [0.1, 0.15) is 35.3 Å². The topological polar surface area (TPSA) is 93.4 Å². The molecule has 4 aromatic rings. The number of pyridine rings is 2. The van der Waals surface area contributed by atoms with E-state index in [1.54, 1.807) is 47.1 Å². The maximum Gasteiger partial charge on any atom is 0.253 e. The Labute approximate surface area is 184 Å². The lowest BCUT2D eigenvalue weighted by atomic mass is 10.1. The smallest absolute Gasteiger partial charge is 0.253 e. The number of benzene rings is 1. The third kappa shape index (κ3) is 4.24. The fraction of sp³-hybridized carbons (Fsp3) is 0.174. The van der Waals surface area contributed by atoms with Crippen molar-refractivity contribution >= 4 is 21.3 Å². The summed E-state index contributed by atoms with van der Waals surface area (Å²) in [6, 6.07) is 12.2. The average molecular weight is 453 g/mol. The van der Waals surface area contributed by atoms with Crippen LogP contribution in [0.4, 0.5) is 4.39 Å². The van der Waals surface area contributed by atoms with Crippen LogP contribution in [0.3, 0.4) is 0 Å². The molecular weight excluding hydrogens is 431 g/mol. The number of rotatable bonds is 6. The zero-order valence-corrected chi connectivity index (χ0v) is 18.3. The van der Waals surface area contributed by atoms with Crippen molar-refractivity contribution in [2.24, 2.45) is 0 Å². The maximum absolute atomic E-state index is 13.3. The molecule has 0 spiro atoms. The lowest BCUT2D eigenvalue weighted by Gasteiger charge is -2.18. The van der Waals surface area contributed by atoms with Gasteiger partial charge in [-0.15, -0.1) is 0 Å². The van der Waals surface area contributed by atoms with Crippen LogP contribution in [-0.4, -0.2) is 34.9 Å². The standard InChI is InChI=1S/C23H21FN4O3S/c1-3-19(16-8-11-21(25-13-16)32(2,30)31)27-23(29)18-5-4-12-28-20(18)14-26-22(28)15-6-9-17(24)10-7-15/h4-14,19H,3H2,1-2H3,(H,27,29)/t19-/m0/s1. The quantitative estimate of drug-likeness (QED) is 0.480. The van der Waals surface area contributed by atoms with Gasteiger partial charge in [0.2, 0.25) is 0 Å². The molecule has 0 aliphatic heterocycles. The number of hydrogen-bond donors (Lipinski definition) is 1. The summed E-state index contributed by atoms with van der Waals surface area (Å²) in [5.74, 6) is -0.0261. The summed E-state index contributed by atoms with van der Waals surface area (Å²) >= 11 is 0. The first kappa shape index (κ1) is 21.6. The van der Waals surface area contributed by atoms with Gasteiger partial charge in [-0.1, -0.05) is 13.0 Å². The molecule has 1 aromatic carbocycles. The second-order valence-electron chi connectivity index (χ2n) is 7.40. The van der Waals surface area contributed by atoms with Crippen LogP contribution in [0.25, 0.3) is 16.9 Å². The van der Waals surface area contributed by atoms with Gasteiger partial charge in [-0.2, -0.15) is 0 Å². The molecule has 1 atom stereocenters. The molecule has 0 bridgehead atoms. The number of nitrogens with zero attached hydrogens (tertiary/aromatic N) is 3. The first-order valence-corrected chi connectivity index (χ1v) is 11.9. The van der Waals surface area contributed by atoms with Crippen molar-refractivity contribution in [1.82, 2.24) is 19.7 Å².